The molecule has 0 radical (unpaired) electrons. The number of ether oxygens (including phenoxy) is 1. The van der Waals surface area contributed by atoms with E-state index in [9.17, 15) is 14.7 Å². The van der Waals surface area contributed by atoms with E-state index in [0.717, 1.165) is 5.56 Å². The van der Waals surface area contributed by atoms with Gasteiger partial charge in [0.25, 0.3) is 0 Å². The van der Waals surface area contributed by atoms with Crippen LogP contribution in [-0.4, -0.2) is 40.8 Å². The van der Waals surface area contributed by atoms with Gasteiger partial charge in [-0.15, -0.1) is 0 Å². The van der Waals surface area contributed by atoms with Gasteiger partial charge in [-0.3, -0.25) is 4.79 Å². The Morgan fingerprint density at radius 3 is 2.33 bits per heavy atom. The SMILES string of the molecule is CC(C)(C)OC(=O)N1CC(C(=O)O)[C@@H](c2ccccc2)C1. The number of hydrogen-bond acceptors (Lipinski definition) is 3. The Hall–Kier alpha value is -2.04. The predicted octanol–water partition coefficient (Wildman–Crippen LogP) is 2.72. The van der Waals surface area contributed by atoms with Crippen molar-refractivity contribution in [1.29, 1.82) is 0 Å². The fraction of sp³-hybridized carbons (Fsp3) is 0.500. The highest BCUT2D eigenvalue weighted by atomic mass is 16.6. The summed E-state index contributed by atoms with van der Waals surface area (Å²) in [6.45, 7) is 5.94. The van der Waals surface area contributed by atoms with E-state index in [-0.39, 0.29) is 12.5 Å². The first-order chi connectivity index (χ1) is 9.78. The Morgan fingerprint density at radius 2 is 1.81 bits per heavy atom. The lowest BCUT2D eigenvalue weighted by Gasteiger charge is -2.24. The van der Waals surface area contributed by atoms with Crippen molar-refractivity contribution in [3.05, 3.63) is 35.9 Å². The van der Waals surface area contributed by atoms with Crippen LogP contribution >= 0.6 is 0 Å². The number of hydrogen-bond donors (Lipinski definition) is 1. The van der Waals surface area contributed by atoms with Gasteiger partial charge in [-0.1, -0.05) is 30.3 Å². The molecule has 114 valence electrons. The van der Waals surface area contributed by atoms with Gasteiger partial charge in [-0.25, -0.2) is 4.79 Å². The predicted molar refractivity (Wildman–Crippen MR) is 78.1 cm³/mol. The van der Waals surface area contributed by atoms with Crippen molar-refractivity contribution in [2.75, 3.05) is 13.1 Å². The number of nitrogens with zero attached hydrogens (tertiary/aromatic N) is 1. The van der Waals surface area contributed by atoms with Crippen molar-refractivity contribution in [3.8, 4) is 0 Å². The summed E-state index contributed by atoms with van der Waals surface area (Å²) in [7, 11) is 0. The number of aliphatic carboxylic acids is 1. The fourth-order valence-electron chi connectivity index (χ4n) is 2.57. The van der Waals surface area contributed by atoms with Crippen LogP contribution in [0.1, 0.15) is 32.3 Å². The molecule has 0 spiro atoms. The number of carbonyl (C=O) groups excluding carboxylic acids is 1. The lowest BCUT2D eigenvalue weighted by molar-refractivity contribution is -0.141. The molecule has 2 rings (SSSR count). The Bertz CT molecular complexity index is 521. The van der Waals surface area contributed by atoms with E-state index < -0.39 is 23.6 Å². The first-order valence-electron chi connectivity index (χ1n) is 7.03. The lowest BCUT2D eigenvalue weighted by Crippen LogP contribution is -2.35. The highest BCUT2D eigenvalue weighted by Crippen LogP contribution is 2.33. The summed E-state index contributed by atoms with van der Waals surface area (Å²) in [6.07, 6.45) is -0.452. The summed E-state index contributed by atoms with van der Waals surface area (Å²) in [5.74, 6) is -1.67. The molecule has 1 aromatic rings. The third-order valence-electron chi connectivity index (χ3n) is 3.52. The van der Waals surface area contributed by atoms with Crippen molar-refractivity contribution >= 4 is 12.1 Å². The van der Waals surface area contributed by atoms with Gasteiger partial charge in [0.15, 0.2) is 0 Å². The molecule has 0 aromatic heterocycles. The molecule has 0 aliphatic carbocycles. The van der Waals surface area contributed by atoms with Crippen LogP contribution < -0.4 is 0 Å². The summed E-state index contributed by atoms with van der Waals surface area (Å²) < 4.78 is 5.33. The van der Waals surface area contributed by atoms with E-state index in [1.165, 1.54) is 4.90 Å². The average Bonchev–Trinajstić information content (AvgIpc) is 2.83. The van der Waals surface area contributed by atoms with E-state index in [1.54, 1.807) is 20.8 Å². The van der Waals surface area contributed by atoms with Gasteiger partial charge in [0.2, 0.25) is 0 Å². The standard InChI is InChI=1S/C16H21NO4/c1-16(2,3)21-15(20)17-9-12(13(10-17)14(18)19)11-7-5-4-6-8-11/h4-8,12-13H,9-10H2,1-3H3,(H,18,19)/t12-,13?/m1/s1. The first-order valence-corrected chi connectivity index (χ1v) is 7.03. The van der Waals surface area contributed by atoms with Gasteiger partial charge in [0.05, 0.1) is 5.92 Å². The fourth-order valence-corrected chi connectivity index (χ4v) is 2.57. The van der Waals surface area contributed by atoms with Crippen LogP contribution in [-0.2, 0) is 9.53 Å². The number of benzene rings is 1. The molecule has 1 unspecified atom stereocenters. The summed E-state index contributed by atoms with van der Waals surface area (Å²) in [6, 6.07) is 9.45. The van der Waals surface area contributed by atoms with Gasteiger partial charge in [-0.2, -0.15) is 0 Å². The molecule has 2 atom stereocenters. The first kappa shape index (κ1) is 15.4. The minimum absolute atomic E-state index is 0.184. The maximum atomic E-state index is 12.1. The topological polar surface area (TPSA) is 66.8 Å². The molecular weight excluding hydrogens is 270 g/mol. The molecule has 1 aliphatic heterocycles. The molecule has 1 amide bonds. The van der Waals surface area contributed by atoms with Gasteiger partial charge in [-0.05, 0) is 26.3 Å². The number of carbonyl (C=O) groups is 2. The van der Waals surface area contributed by atoms with Crippen LogP contribution in [0.15, 0.2) is 30.3 Å². The minimum atomic E-state index is -0.880. The zero-order valence-electron chi connectivity index (χ0n) is 12.6. The number of carboxylic acid groups (broad SMARTS) is 1. The van der Waals surface area contributed by atoms with Crippen molar-refractivity contribution in [2.24, 2.45) is 5.92 Å². The third kappa shape index (κ3) is 3.74. The second-order valence-electron chi connectivity index (χ2n) is 6.35. The molecule has 1 aliphatic rings. The summed E-state index contributed by atoms with van der Waals surface area (Å²) in [5, 5.41) is 9.40. The van der Waals surface area contributed by atoms with E-state index in [2.05, 4.69) is 0 Å². The highest BCUT2D eigenvalue weighted by molar-refractivity contribution is 5.75. The average molecular weight is 291 g/mol. The molecule has 1 aromatic carbocycles. The van der Waals surface area contributed by atoms with Crippen molar-refractivity contribution in [3.63, 3.8) is 0 Å². The Balaban J connectivity index is 2.16. The van der Waals surface area contributed by atoms with E-state index >= 15 is 0 Å². The smallest absolute Gasteiger partial charge is 0.410 e. The van der Waals surface area contributed by atoms with Gasteiger partial charge in [0.1, 0.15) is 5.60 Å². The molecule has 1 heterocycles. The number of likely N-dealkylation sites (tertiary alicyclic amines) is 1. The Kier molecular flexibility index (Phi) is 4.21. The monoisotopic (exact) mass is 291 g/mol. The number of amides is 1. The second-order valence-corrected chi connectivity index (χ2v) is 6.35. The molecular formula is C16H21NO4. The zero-order valence-corrected chi connectivity index (χ0v) is 12.6. The lowest BCUT2D eigenvalue weighted by atomic mass is 9.89. The quantitative estimate of drug-likeness (QED) is 0.909. The molecule has 5 heteroatoms. The normalized spacial score (nSPS) is 22.1. The number of rotatable bonds is 2. The van der Waals surface area contributed by atoms with Crippen LogP contribution in [0.3, 0.4) is 0 Å². The maximum absolute atomic E-state index is 12.1. The Morgan fingerprint density at radius 1 is 1.19 bits per heavy atom. The van der Waals surface area contributed by atoms with Gasteiger partial charge in [0, 0.05) is 19.0 Å². The maximum Gasteiger partial charge on any atom is 0.410 e. The van der Waals surface area contributed by atoms with Crippen LogP contribution in [0.2, 0.25) is 0 Å². The van der Waals surface area contributed by atoms with E-state index in [0.29, 0.717) is 6.54 Å². The third-order valence-corrected chi connectivity index (χ3v) is 3.52. The molecule has 0 saturated carbocycles. The summed E-state index contributed by atoms with van der Waals surface area (Å²) >= 11 is 0. The van der Waals surface area contributed by atoms with Gasteiger partial charge >= 0.3 is 12.1 Å². The van der Waals surface area contributed by atoms with Crippen LogP contribution in [0, 0.1) is 5.92 Å². The summed E-state index contributed by atoms with van der Waals surface area (Å²) in [5.41, 5.74) is 0.358. The second kappa shape index (κ2) is 5.76. The van der Waals surface area contributed by atoms with Crippen LogP contribution in [0.5, 0.6) is 0 Å². The van der Waals surface area contributed by atoms with Crippen molar-refractivity contribution in [1.82, 2.24) is 4.90 Å². The van der Waals surface area contributed by atoms with Crippen LogP contribution in [0.25, 0.3) is 0 Å². The molecule has 0 bridgehead atoms. The largest absolute Gasteiger partial charge is 0.481 e. The minimum Gasteiger partial charge on any atom is -0.481 e. The van der Waals surface area contributed by atoms with Gasteiger partial charge < -0.3 is 14.7 Å². The Labute approximate surface area is 124 Å². The van der Waals surface area contributed by atoms with Crippen LogP contribution in [0.4, 0.5) is 4.79 Å². The highest BCUT2D eigenvalue weighted by Gasteiger charge is 2.41. The van der Waals surface area contributed by atoms with E-state index in [1.807, 2.05) is 30.3 Å². The number of carboxylic acids is 1. The molecule has 1 saturated heterocycles. The molecule has 21 heavy (non-hydrogen) atoms. The molecule has 5 nitrogen and oxygen atoms in total. The van der Waals surface area contributed by atoms with E-state index in [4.69, 9.17) is 4.74 Å². The molecule has 1 N–H and O–H groups in total. The van der Waals surface area contributed by atoms with Crippen molar-refractivity contribution in [2.45, 2.75) is 32.3 Å². The summed E-state index contributed by atoms with van der Waals surface area (Å²) in [4.78, 5) is 25.1. The molecule has 1 fully saturated rings. The van der Waals surface area contributed by atoms with Crippen molar-refractivity contribution < 1.29 is 19.4 Å². The zero-order chi connectivity index (χ0) is 15.6.